The lowest BCUT2D eigenvalue weighted by molar-refractivity contribution is 0.0938. The number of hydrogen-bond donors (Lipinski definition) is 1. The van der Waals surface area contributed by atoms with E-state index >= 15 is 0 Å². The largest absolute Gasteiger partial charge is 0.377 e. The summed E-state index contributed by atoms with van der Waals surface area (Å²) in [6, 6.07) is 12.4. The van der Waals surface area contributed by atoms with E-state index in [-0.39, 0.29) is 6.10 Å². The number of hydrogen-bond acceptors (Lipinski definition) is 4. The molecule has 1 aliphatic heterocycles. The Morgan fingerprint density at radius 3 is 3.03 bits per heavy atom. The smallest absolute Gasteiger partial charge is 0.197 e. The number of benzene rings is 2. The van der Waals surface area contributed by atoms with Crippen LogP contribution in [0.5, 0.6) is 0 Å². The molecule has 0 fully saturated rings. The van der Waals surface area contributed by atoms with E-state index in [4.69, 9.17) is 4.74 Å². The van der Waals surface area contributed by atoms with Gasteiger partial charge in [0.15, 0.2) is 5.16 Å². The van der Waals surface area contributed by atoms with Gasteiger partial charge in [-0.05, 0) is 43.0 Å². The number of imidazole rings is 1. The van der Waals surface area contributed by atoms with Crippen molar-refractivity contribution in [3.8, 4) is 0 Å². The highest BCUT2D eigenvalue weighted by atomic mass is 32.2. The van der Waals surface area contributed by atoms with Crippen LogP contribution in [0.3, 0.4) is 0 Å². The number of nitrogens with one attached hydrogen (secondary N) is 1. The lowest BCUT2D eigenvalue weighted by Gasteiger charge is -2.36. The highest BCUT2D eigenvalue weighted by molar-refractivity contribution is 7.84. The van der Waals surface area contributed by atoms with Crippen molar-refractivity contribution in [1.29, 1.82) is 0 Å². The molecular weight excluding hydrogens is 382 g/mol. The highest BCUT2D eigenvalue weighted by Gasteiger charge is 2.26. The summed E-state index contributed by atoms with van der Waals surface area (Å²) in [5, 5.41) is 0.549. The topological polar surface area (TPSA) is 58.2 Å². The first kappa shape index (κ1) is 19.9. The minimum atomic E-state index is -1.19. The Bertz CT molecular complexity index is 1060. The average molecular weight is 410 g/mol. The predicted octanol–water partition coefficient (Wildman–Crippen LogP) is 4.31. The van der Waals surface area contributed by atoms with Crippen LogP contribution in [0.1, 0.15) is 29.2 Å². The summed E-state index contributed by atoms with van der Waals surface area (Å²) in [5.74, 6) is 0.523. The zero-order chi connectivity index (χ0) is 20.4. The van der Waals surface area contributed by atoms with Crippen LogP contribution in [-0.2, 0) is 22.0 Å². The van der Waals surface area contributed by atoms with Crippen LogP contribution in [-0.4, -0.2) is 40.1 Å². The van der Waals surface area contributed by atoms with Gasteiger partial charge in [-0.1, -0.05) is 30.3 Å². The maximum absolute atomic E-state index is 12.9. The predicted molar refractivity (Wildman–Crippen MR) is 119 cm³/mol. The number of aromatic amines is 1. The molecule has 0 radical (unpaired) electrons. The first-order chi connectivity index (χ1) is 14.1. The van der Waals surface area contributed by atoms with Crippen LogP contribution in [0.4, 0.5) is 5.69 Å². The second-order valence-electron chi connectivity index (χ2n) is 7.46. The molecule has 0 amide bonds. The van der Waals surface area contributed by atoms with Gasteiger partial charge < -0.3 is 14.6 Å². The molecule has 0 saturated carbocycles. The van der Waals surface area contributed by atoms with Crippen LogP contribution >= 0.6 is 0 Å². The van der Waals surface area contributed by atoms with Crippen LogP contribution in [0.25, 0.3) is 11.0 Å². The molecule has 0 bridgehead atoms. The Kier molecular flexibility index (Phi) is 5.83. The van der Waals surface area contributed by atoms with Crippen LogP contribution in [0.2, 0.25) is 0 Å². The fourth-order valence-electron chi connectivity index (χ4n) is 4.09. The normalized spacial score (nSPS) is 17.3. The zero-order valence-electron chi connectivity index (χ0n) is 17.0. The van der Waals surface area contributed by atoms with Crippen molar-refractivity contribution in [2.24, 2.45) is 0 Å². The van der Waals surface area contributed by atoms with Gasteiger partial charge in [-0.3, -0.25) is 4.21 Å². The Morgan fingerprint density at radius 2 is 2.24 bits per heavy atom. The highest BCUT2D eigenvalue weighted by Crippen LogP contribution is 2.38. The standard InChI is InChI=1S/C23H27N3O2S/c1-4-12-26-13-10-21(28-3)18-7-5-6-17(22(18)26)11-14-29(27)23-24-19-9-8-16(2)15-20(19)25-23/h4-9,15,21H,1,10-14H2,2-3H3,(H,24,25). The Morgan fingerprint density at radius 1 is 1.38 bits per heavy atom. The van der Waals surface area contributed by atoms with E-state index in [9.17, 15) is 4.21 Å². The molecular formula is C23H27N3O2S. The molecule has 2 unspecified atom stereocenters. The number of aryl methyl sites for hydroxylation is 2. The van der Waals surface area contributed by atoms with Gasteiger partial charge in [0.2, 0.25) is 0 Å². The van der Waals surface area contributed by atoms with Gasteiger partial charge in [0.1, 0.15) is 0 Å². The van der Waals surface area contributed by atoms with Gasteiger partial charge in [-0.15, -0.1) is 6.58 Å². The molecule has 0 saturated heterocycles. The number of para-hydroxylation sites is 1. The third-order valence-electron chi connectivity index (χ3n) is 5.50. The van der Waals surface area contributed by atoms with Crippen LogP contribution in [0.15, 0.2) is 54.2 Å². The summed E-state index contributed by atoms with van der Waals surface area (Å²) in [6.45, 7) is 7.67. The third kappa shape index (κ3) is 4.00. The maximum Gasteiger partial charge on any atom is 0.197 e. The molecule has 1 aromatic heterocycles. The molecule has 0 aliphatic carbocycles. The second kappa shape index (κ2) is 8.51. The number of ether oxygens (including phenoxy) is 1. The summed E-state index contributed by atoms with van der Waals surface area (Å²) in [5.41, 5.74) is 6.57. The van der Waals surface area contributed by atoms with Crippen LogP contribution in [0, 0.1) is 6.92 Å². The fourth-order valence-corrected chi connectivity index (χ4v) is 5.11. The minimum absolute atomic E-state index is 0.107. The van der Waals surface area contributed by atoms with Crippen molar-refractivity contribution in [2.75, 3.05) is 30.9 Å². The van der Waals surface area contributed by atoms with Gasteiger partial charge >= 0.3 is 0 Å². The molecule has 0 spiro atoms. The first-order valence-corrected chi connectivity index (χ1v) is 11.3. The van der Waals surface area contributed by atoms with Gasteiger partial charge in [0.05, 0.1) is 27.9 Å². The Balaban J connectivity index is 1.57. The van der Waals surface area contributed by atoms with E-state index in [2.05, 4.69) is 39.6 Å². The van der Waals surface area contributed by atoms with Crippen molar-refractivity contribution in [2.45, 2.75) is 31.0 Å². The zero-order valence-corrected chi connectivity index (χ0v) is 17.8. The molecule has 29 heavy (non-hydrogen) atoms. The Hall–Kier alpha value is -2.44. The van der Waals surface area contributed by atoms with Crippen molar-refractivity contribution in [3.63, 3.8) is 0 Å². The number of methoxy groups -OCH3 is 1. The SMILES string of the molecule is C=CCN1CCC(OC)c2cccc(CCS(=O)c3nc4ccc(C)cc4[nH]3)c21. The first-order valence-electron chi connectivity index (χ1n) is 9.96. The number of rotatable bonds is 7. The summed E-state index contributed by atoms with van der Waals surface area (Å²) >= 11 is 0. The second-order valence-corrected chi connectivity index (χ2v) is 8.95. The minimum Gasteiger partial charge on any atom is -0.377 e. The summed E-state index contributed by atoms with van der Waals surface area (Å²) in [4.78, 5) is 10.1. The number of aromatic nitrogens is 2. The molecule has 5 nitrogen and oxygen atoms in total. The summed E-state index contributed by atoms with van der Waals surface area (Å²) in [6.07, 6.45) is 3.72. The monoisotopic (exact) mass is 409 g/mol. The third-order valence-corrected chi connectivity index (χ3v) is 6.70. The molecule has 4 rings (SSSR count). The quantitative estimate of drug-likeness (QED) is 0.591. The molecule has 2 aromatic carbocycles. The number of H-pyrrole nitrogens is 1. The summed E-state index contributed by atoms with van der Waals surface area (Å²) in [7, 11) is 0.580. The van der Waals surface area contributed by atoms with Gasteiger partial charge in [0, 0.05) is 37.2 Å². The molecule has 2 heterocycles. The van der Waals surface area contributed by atoms with Crippen LogP contribution < -0.4 is 4.90 Å². The number of fused-ring (bicyclic) bond motifs is 2. The van der Waals surface area contributed by atoms with E-state index < -0.39 is 10.8 Å². The molecule has 3 aromatic rings. The Labute approximate surface area is 174 Å². The van der Waals surface area contributed by atoms with E-state index in [1.54, 1.807) is 7.11 Å². The molecule has 2 atom stereocenters. The maximum atomic E-state index is 12.9. The molecule has 1 aliphatic rings. The van der Waals surface area contributed by atoms with E-state index in [0.29, 0.717) is 10.9 Å². The molecule has 6 heteroatoms. The fraction of sp³-hybridized carbons (Fsp3) is 0.348. The molecule has 1 N–H and O–H groups in total. The average Bonchev–Trinajstić information content (AvgIpc) is 3.15. The summed E-state index contributed by atoms with van der Waals surface area (Å²) < 4.78 is 18.6. The van der Waals surface area contributed by atoms with Crippen molar-refractivity contribution in [1.82, 2.24) is 9.97 Å². The van der Waals surface area contributed by atoms with E-state index in [1.807, 2.05) is 31.2 Å². The van der Waals surface area contributed by atoms with E-state index in [0.717, 1.165) is 42.5 Å². The van der Waals surface area contributed by atoms with Crippen molar-refractivity contribution in [3.05, 3.63) is 65.7 Å². The molecule has 152 valence electrons. The van der Waals surface area contributed by atoms with Gasteiger partial charge in [0.25, 0.3) is 0 Å². The number of nitrogens with zero attached hydrogens (tertiary/aromatic N) is 2. The van der Waals surface area contributed by atoms with Crippen molar-refractivity contribution < 1.29 is 8.95 Å². The van der Waals surface area contributed by atoms with Gasteiger partial charge in [-0.25, -0.2) is 4.98 Å². The lowest BCUT2D eigenvalue weighted by atomic mass is 9.94. The van der Waals surface area contributed by atoms with E-state index in [1.165, 1.54) is 16.8 Å². The van der Waals surface area contributed by atoms with Crippen molar-refractivity contribution >= 4 is 27.5 Å². The lowest BCUT2D eigenvalue weighted by Crippen LogP contribution is -2.33. The van der Waals surface area contributed by atoms with Gasteiger partial charge in [-0.2, -0.15) is 0 Å². The number of anilines is 1.